The summed E-state index contributed by atoms with van der Waals surface area (Å²) in [4.78, 5) is 24.6. The SMILES string of the molecule is Cn1ccnc1-c1noc(CN2CCN(C(=O)OC(C)(C)C)CC2)n1. The lowest BCUT2D eigenvalue weighted by Gasteiger charge is -2.34. The zero-order valence-electron chi connectivity index (χ0n) is 15.1. The van der Waals surface area contributed by atoms with Gasteiger partial charge in [0.05, 0.1) is 6.54 Å². The second-order valence-electron chi connectivity index (χ2n) is 7.12. The van der Waals surface area contributed by atoms with Gasteiger partial charge in [0.2, 0.25) is 11.7 Å². The average Bonchev–Trinajstić information content (AvgIpc) is 3.15. The maximum atomic E-state index is 12.1. The van der Waals surface area contributed by atoms with Gasteiger partial charge in [-0.05, 0) is 20.8 Å². The highest BCUT2D eigenvalue weighted by Crippen LogP contribution is 2.15. The van der Waals surface area contributed by atoms with Crippen LogP contribution in [0.3, 0.4) is 0 Å². The summed E-state index contributed by atoms with van der Waals surface area (Å²) in [5.74, 6) is 1.70. The van der Waals surface area contributed by atoms with Crippen molar-refractivity contribution in [2.24, 2.45) is 7.05 Å². The van der Waals surface area contributed by atoms with E-state index in [2.05, 4.69) is 20.0 Å². The van der Waals surface area contributed by atoms with Crippen LogP contribution in [0, 0.1) is 0 Å². The number of aryl methyl sites for hydroxylation is 1. The van der Waals surface area contributed by atoms with Crippen LogP contribution >= 0.6 is 0 Å². The van der Waals surface area contributed by atoms with Crippen LogP contribution < -0.4 is 0 Å². The smallest absolute Gasteiger partial charge is 0.410 e. The lowest BCUT2D eigenvalue weighted by atomic mass is 10.2. The normalized spacial score (nSPS) is 16.2. The van der Waals surface area contributed by atoms with E-state index in [0.717, 1.165) is 13.1 Å². The third-order valence-electron chi connectivity index (χ3n) is 3.87. The summed E-state index contributed by atoms with van der Waals surface area (Å²) in [7, 11) is 1.88. The Balaban J connectivity index is 1.52. The van der Waals surface area contributed by atoms with Gasteiger partial charge in [-0.2, -0.15) is 4.98 Å². The summed E-state index contributed by atoms with van der Waals surface area (Å²) < 4.78 is 12.6. The van der Waals surface area contributed by atoms with Crippen molar-refractivity contribution in [2.45, 2.75) is 32.9 Å². The molecule has 9 heteroatoms. The number of imidazole rings is 1. The Morgan fingerprint density at radius 2 is 2.00 bits per heavy atom. The molecule has 25 heavy (non-hydrogen) atoms. The van der Waals surface area contributed by atoms with Crippen LogP contribution in [0.15, 0.2) is 16.9 Å². The summed E-state index contributed by atoms with van der Waals surface area (Å²) >= 11 is 0. The summed E-state index contributed by atoms with van der Waals surface area (Å²) in [5.41, 5.74) is -0.473. The highest BCUT2D eigenvalue weighted by molar-refractivity contribution is 5.68. The van der Waals surface area contributed by atoms with Gasteiger partial charge in [-0.1, -0.05) is 5.16 Å². The fourth-order valence-corrected chi connectivity index (χ4v) is 2.60. The molecule has 0 spiro atoms. The van der Waals surface area contributed by atoms with Crippen molar-refractivity contribution < 1.29 is 14.1 Å². The fourth-order valence-electron chi connectivity index (χ4n) is 2.60. The van der Waals surface area contributed by atoms with Gasteiger partial charge >= 0.3 is 6.09 Å². The third kappa shape index (κ3) is 4.36. The summed E-state index contributed by atoms with van der Waals surface area (Å²) in [5, 5.41) is 3.99. The number of ether oxygens (including phenoxy) is 1. The average molecular weight is 348 g/mol. The van der Waals surface area contributed by atoms with Gasteiger partial charge < -0.3 is 18.7 Å². The summed E-state index contributed by atoms with van der Waals surface area (Å²) in [6, 6.07) is 0. The van der Waals surface area contributed by atoms with E-state index in [-0.39, 0.29) is 6.09 Å². The molecular weight excluding hydrogens is 324 g/mol. The van der Waals surface area contributed by atoms with E-state index in [0.29, 0.717) is 37.2 Å². The van der Waals surface area contributed by atoms with Crippen molar-refractivity contribution in [3.63, 3.8) is 0 Å². The van der Waals surface area contributed by atoms with E-state index < -0.39 is 5.60 Å². The van der Waals surface area contributed by atoms with Crippen LogP contribution in [-0.2, 0) is 18.3 Å². The van der Waals surface area contributed by atoms with Gasteiger partial charge in [-0.25, -0.2) is 9.78 Å². The first-order valence-corrected chi connectivity index (χ1v) is 8.32. The van der Waals surface area contributed by atoms with Crippen LogP contribution in [0.1, 0.15) is 26.7 Å². The molecule has 0 aliphatic carbocycles. The lowest BCUT2D eigenvalue weighted by Crippen LogP contribution is -2.49. The minimum atomic E-state index is -0.473. The first-order chi connectivity index (χ1) is 11.8. The Kier molecular flexibility index (Phi) is 4.76. The number of carbonyl (C=O) groups excluding carboxylic acids is 1. The molecule has 2 aromatic rings. The molecule has 0 unspecified atom stereocenters. The third-order valence-corrected chi connectivity index (χ3v) is 3.87. The predicted octanol–water partition coefficient (Wildman–Crippen LogP) is 1.52. The minimum Gasteiger partial charge on any atom is -0.444 e. The molecule has 2 aromatic heterocycles. The van der Waals surface area contributed by atoms with Crippen molar-refractivity contribution in [3.8, 4) is 11.6 Å². The van der Waals surface area contributed by atoms with Crippen LogP contribution in [0.25, 0.3) is 11.6 Å². The minimum absolute atomic E-state index is 0.262. The molecule has 0 saturated carbocycles. The first-order valence-electron chi connectivity index (χ1n) is 8.32. The molecule has 0 bridgehead atoms. The fraction of sp³-hybridized carbons (Fsp3) is 0.625. The quantitative estimate of drug-likeness (QED) is 0.831. The number of nitrogens with zero attached hydrogens (tertiary/aromatic N) is 6. The van der Waals surface area contributed by atoms with E-state index >= 15 is 0 Å². The van der Waals surface area contributed by atoms with Crippen molar-refractivity contribution in [3.05, 3.63) is 18.3 Å². The van der Waals surface area contributed by atoms with Crippen molar-refractivity contribution in [1.29, 1.82) is 0 Å². The Bertz CT molecular complexity index is 724. The van der Waals surface area contributed by atoms with E-state index in [4.69, 9.17) is 9.26 Å². The lowest BCUT2D eigenvalue weighted by molar-refractivity contribution is 0.0132. The number of amides is 1. The van der Waals surface area contributed by atoms with Crippen molar-refractivity contribution in [1.82, 2.24) is 29.5 Å². The molecule has 1 saturated heterocycles. The van der Waals surface area contributed by atoms with Gasteiger partial charge in [-0.3, -0.25) is 4.90 Å². The Hall–Kier alpha value is -2.42. The Labute approximate surface area is 146 Å². The molecule has 3 rings (SSSR count). The summed E-state index contributed by atoms with van der Waals surface area (Å²) in [6.45, 7) is 8.88. The molecular formula is C16H24N6O3. The molecule has 136 valence electrons. The van der Waals surface area contributed by atoms with E-state index in [1.54, 1.807) is 11.1 Å². The molecule has 0 N–H and O–H groups in total. The molecule has 1 fully saturated rings. The second-order valence-corrected chi connectivity index (χ2v) is 7.12. The van der Waals surface area contributed by atoms with Crippen LogP contribution in [0.4, 0.5) is 4.79 Å². The maximum absolute atomic E-state index is 12.1. The highest BCUT2D eigenvalue weighted by atomic mass is 16.6. The van der Waals surface area contributed by atoms with Crippen LogP contribution in [0.2, 0.25) is 0 Å². The standard InChI is InChI=1S/C16H24N6O3/c1-16(2,3)24-15(23)22-9-7-21(8-10-22)11-12-18-13(19-25-12)14-17-5-6-20(14)4/h5-6H,7-11H2,1-4H3. The molecule has 1 amide bonds. The summed E-state index contributed by atoms with van der Waals surface area (Å²) in [6.07, 6.45) is 3.27. The van der Waals surface area contributed by atoms with E-state index in [1.807, 2.05) is 38.6 Å². The molecule has 3 heterocycles. The number of carbonyl (C=O) groups is 1. The van der Waals surface area contributed by atoms with Gasteiger partial charge in [0, 0.05) is 45.6 Å². The molecule has 1 aliphatic rings. The van der Waals surface area contributed by atoms with Crippen LogP contribution in [-0.4, -0.2) is 67.4 Å². The Morgan fingerprint density at radius 3 is 2.60 bits per heavy atom. The zero-order valence-corrected chi connectivity index (χ0v) is 15.1. The first kappa shape index (κ1) is 17.4. The molecule has 9 nitrogen and oxygen atoms in total. The monoisotopic (exact) mass is 348 g/mol. The highest BCUT2D eigenvalue weighted by Gasteiger charge is 2.26. The molecule has 0 aromatic carbocycles. The molecule has 1 aliphatic heterocycles. The van der Waals surface area contributed by atoms with Gasteiger partial charge in [0.15, 0.2) is 5.82 Å². The van der Waals surface area contributed by atoms with Gasteiger partial charge in [-0.15, -0.1) is 0 Å². The van der Waals surface area contributed by atoms with Gasteiger partial charge in [0.1, 0.15) is 5.60 Å². The molecule has 0 radical (unpaired) electrons. The van der Waals surface area contributed by atoms with E-state index in [9.17, 15) is 4.79 Å². The maximum Gasteiger partial charge on any atom is 0.410 e. The largest absolute Gasteiger partial charge is 0.444 e. The number of aromatic nitrogens is 4. The number of hydrogen-bond donors (Lipinski definition) is 0. The van der Waals surface area contributed by atoms with Gasteiger partial charge in [0.25, 0.3) is 0 Å². The zero-order chi connectivity index (χ0) is 18.0. The number of rotatable bonds is 3. The predicted molar refractivity (Wildman–Crippen MR) is 89.6 cm³/mol. The Morgan fingerprint density at radius 1 is 1.28 bits per heavy atom. The topological polar surface area (TPSA) is 89.5 Å². The molecule has 0 atom stereocenters. The van der Waals surface area contributed by atoms with Crippen molar-refractivity contribution in [2.75, 3.05) is 26.2 Å². The van der Waals surface area contributed by atoms with Crippen molar-refractivity contribution >= 4 is 6.09 Å². The second kappa shape index (κ2) is 6.83. The number of piperazine rings is 1. The van der Waals surface area contributed by atoms with E-state index in [1.165, 1.54) is 0 Å². The van der Waals surface area contributed by atoms with Crippen LogP contribution in [0.5, 0.6) is 0 Å². The number of hydrogen-bond acceptors (Lipinski definition) is 7.